The first kappa shape index (κ1) is 25.4. The summed E-state index contributed by atoms with van der Waals surface area (Å²) in [6.07, 6.45) is 10.5. The molecular formula is C32H33FN4O2. The third kappa shape index (κ3) is 4.99. The molecule has 0 saturated carbocycles. The fourth-order valence-electron chi connectivity index (χ4n) is 6.40. The first-order valence-corrected chi connectivity index (χ1v) is 13.8. The minimum absolute atomic E-state index is 0.0488. The highest BCUT2D eigenvalue weighted by molar-refractivity contribution is 5.98. The number of carbonyl (C=O) groups is 2. The first-order valence-electron chi connectivity index (χ1n) is 13.8. The third-order valence-corrected chi connectivity index (χ3v) is 8.57. The number of halogens is 1. The molecule has 0 bridgehead atoms. The molecule has 6 nitrogen and oxygen atoms in total. The molecule has 2 fully saturated rings. The summed E-state index contributed by atoms with van der Waals surface area (Å²) in [7, 11) is 0. The van der Waals surface area contributed by atoms with Gasteiger partial charge in [0.25, 0.3) is 5.91 Å². The van der Waals surface area contributed by atoms with Gasteiger partial charge in [-0.1, -0.05) is 42.5 Å². The number of likely N-dealkylation sites (tertiary alicyclic amines) is 1. The summed E-state index contributed by atoms with van der Waals surface area (Å²) in [6.45, 7) is 4.85. The Hall–Kier alpha value is -3.84. The zero-order chi connectivity index (χ0) is 27.0. The van der Waals surface area contributed by atoms with E-state index in [1.807, 2.05) is 19.1 Å². The molecule has 2 amide bonds. The van der Waals surface area contributed by atoms with Gasteiger partial charge in [-0.2, -0.15) is 0 Å². The molecule has 0 radical (unpaired) electrons. The second-order valence-electron chi connectivity index (χ2n) is 11.1. The van der Waals surface area contributed by atoms with E-state index in [-0.39, 0.29) is 29.6 Å². The predicted molar refractivity (Wildman–Crippen MR) is 151 cm³/mol. The molecule has 39 heavy (non-hydrogen) atoms. The van der Waals surface area contributed by atoms with Crippen LogP contribution in [0, 0.1) is 11.2 Å². The highest BCUT2D eigenvalue weighted by Gasteiger charge is 2.51. The van der Waals surface area contributed by atoms with E-state index in [1.54, 1.807) is 18.3 Å². The summed E-state index contributed by atoms with van der Waals surface area (Å²) < 4.78 is 13.5. The molecule has 2 saturated heterocycles. The molecule has 2 N–H and O–H groups in total. The van der Waals surface area contributed by atoms with Crippen molar-refractivity contribution in [3.63, 3.8) is 0 Å². The standard InChI is InChI=1S/C32H33FN4O2/c1-21(36-30(38)26-16-25-7-6-24(17-29(25)34-18-26)22-4-2-3-5-22)20-37-14-12-32(13-15-37)28(19-35-31(32)39)23-8-10-27(33)11-9-23/h2,4-11,16-18,21,28H,3,12-15,19-20H2,1H3,(H,35,39)(H,36,38)/t21-,28+/m0/s1. The Morgan fingerprint density at radius 2 is 1.97 bits per heavy atom. The van der Waals surface area contributed by atoms with Gasteiger partial charge in [-0.05, 0) is 80.2 Å². The van der Waals surface area contributed by atoms with E-state index in [2.05, 4.69) is 50.9 Å². The molecule has 0 unspecified atom stereocenters. The van der Waals surface area contributed by atoms with Gasteiger partial charge < -0.3 is 15.5 Å². The van der Waals surface area contributed by atoms with Crippen LogP contribution in [-0.4, -0.2) is 53.9 Å². The van der Waals surface area contributed by atoms with Gasteiger partial charge >= 0.3 is 0 Å². The lowest BCUT2D eigenvalue weighted by molar-refractivity contribution is -0.130. The molecule has 2 atom stereocenters. The number of fused-ring (bicyclic) bond motifs is 1. The van der Waals surface area contributed by atoms with Crippen molar-refractivity contribution >= 4 is 28.3 Å². The molecule has 2 aliphatic heterocycles. The quantitative estimate of drug-likeness (QED) is 0.485. The van der Waals surface area contributed by atoms with E-state index in [4.69, 9.17) is 0 Å². The van der Waals surface area contributed by atoms with Crippen molar-refractivity contribution in [2.75, 3.05) is 26.2 Å². The predicted octanol–water partition coefficient (Wildman–Crippen LogP) is 4.83. The number of allylic oxidation sites excluding steroid dienone is 4. The van der Waals surface area contributed by atoms with Gasteiger partial charge in [0.05, 0.1) is 16.5 Å². The highest BCUT2D eigenvalue weighted by Crippen LogP contribution is 2.47. The summed E-state index contributed by atoms with van der Waals surface area (Å²) in [5.74, 6) is -0.250. The maximum atomic E-state index is 13.5. The lowest BCUT2D eigenvalue weighted by Gasteiger charge is -2.41. The third-order valence-electron chi connectivity index (χ3n) is 8.57. The van der Waals surface area contributed by atoms with Crippen LogP contribution in [0.5, 0.6) is 0 Å². The van der Waals surface area contributed by atoms with E-state index in [9.17, 15) is 14.0 Å². The Balaban J connectivity index is 1.06. The minimum atomic E-state index is -0.456. The Morgan fingerprint density at radius 3 is 2.72 bits per heavy atom. The van der Waals surface area contributed by atoms with Crippen molar-refractivity contribution in [1.82, 2.24) is 20.5 Å². The van der Waals surface area contributed by atoms with E-state index in [0.29, 0.717) is 18.7 Å². The van der Waals surface area contributed by atoms with Gasteiger partial charge in [-0.25, -0.2) is 4.39 Å². The zero-order valence-corrected chi connectivity index (χ0v) is 22.1. The Morgan fingerprint density at radius 1 is 1.18 bits per heavy atom. The van der Waals surface area contributed by atoms with Crippen LogP contribution in [0.3, 0.4) is 0 Å². The molecule has 3 aromatic rings. The number of amides is 2. The number of pyridine rings is 1. The molecule has 7 heteroatoms. The second kappa shape index (κ2) is 10.4. The number of aromatic nitrogens is 1. The average molecular weight is 525 g/mol. The summed E-state index contributed by atoms with van der Waals surface area (Å²) in [4.78, 5) is 32.8. The van der Waals surface area contributed by atoms with Crippen molar-refractivity contribution in [2.24, 2.45) is 5.41 Å². The highest BCUT2D eigenvalue weighted by atomic mass is 19.1. The fourth-order valence-corrected chi connectivity index (χ4v) is 6.40. The van der Waals surface area contributed by atoms with Crippen LogP contribution in [-0.2, 0) is 4.79 Å². The molecule has 3 heterocycles. The SMILES string of the molecule is C[C@@H](CN1CCC2(CC1)C(=O)NC[C@@H]2c1ccc(F)cc1)NC(=O)c1cnc2cc(C3=CCC=C3)ccc2c1. The van der Waals surface area contributed by atoms with Gasteiger partial charge in [0.2, 0.25) is 5.91 Å². The summed E-state index contributed by atoms with van der Waals surface area (Å²) >= 11 is 0. The topological polar surface area (TPSA) is 74.3 Å². The van der Waals surface area contributed by atoms with E-state index in [1.165, 1.54) is 17.7 Å². The molecular weight excluding hydrogens is 491 g/mol. The van der Waals surface area contributed by atoms with Crippen LogP contribution in [0.1, 0.15) is 53.6 Å². The van der Waals surface area contributed by atoms with Gasteiger partial charge in [0.1, 0.15) is 5.82 Å². The Kier molecular flexibility index (Phi) is 6.77. The Labute approximate surface area is 228 Å². The van der Waals surface area contributed by atoms with Crippen LogP contribution in [0.15, 0.2) is 73.0 Å². The maximum Gasteiger partial charge on any atom is 0.253 e. The summed E-state index contributed by atoms with van der Waals surface area (Å²) in [5, 5.41) is 7.11. The normalized spacial score (nSPS) is 21.2. The minimum Gasteiger partial charge on any atom is -0.355 e. The van der Waals surface area contributed by atoms with Gasteiger partial charge in [0, 0.05) is 36.6 Å². The van der Waals surface area contributed by atoms with E-state index < -0.39 is 5.41 Å². The number of nitrogens with one attached hydrogen (secondary N) is 2. The monoisotopic (exact) mass is 524 g/mol. The van der Waals surface area contributed by atoms with Crippen LogP contribution in [0.25, 0.3) is 16.5 Å². The molecule has 2 aromatic carbocycles. The lowest BCUT2D eigenvalue weighted by Crippen LogP contribution is -2.49. The number of carbonyl (C=O) groups excluding carboxylic acids is 2. The number of benzene rings is 2. The lowest BCUT2D eigenvalue weighted by atomic mass is 9.68. The first-order chi connectivity index (χ1) is 18.9. The van der Waals surface area contributed by atoms with Crippen molar-refractivity contribution in [3.8, 4) is 0 Å². The van der Waals surface area contributed by atoms with E-state index in [0.717, 1.165) is 54.4 Å². The van der Waals surface area contributed by atoms with E-state index >= 15 is 0 Å². The second-order valence-corrected chi connectivity index (χ2v) is 11.1. The molecule has 1 aromatic heterocycles. The molecule has 3 aliphatic rings. The fraction of sp³-hybridized carbons (Fsp3) is 0.344. The van der Waals surface area contributed by atoms with Crippen molar-refractivity contribution < 1.29 is 14.0 Å². The average Bonchev–Trinajstić information content (AvgIpc) is 3.59. The van der Waals surface area contributed by atoms with Crippen LogP contribution >= 0.6 is 0 Å². The largest absolute Gasteiger partial charge is 0.355 e. The number of rotatable bonds is 6. The van der Waals surface area contributed by atoms with Gasteiger partial charge in [-0.3, -0.25) is 14.6 Å². The van der Waals surface area contributed by atoms with Crippen LogP contribution in [0.4, 0.5) is 4.39 Å². The summed E-state index contributed by atoms with van der Waals surface area (Å²) in [6, 6.07) is 14.5. The van der Waals surface area contributed by atoms with Crippen molar-refractivity contribution in [3.05, 3.63) is 95.5 Å². The van der Waals surface area contributed by atoms with Crippen molar-refractivity contribution in [1.29, 1.82) is 0 Å². The number of hydrogen-bond acceptors (Lipinski definition) is 4. The molecule has 1 aliphatic carbocycles. The maximum absolute atomic E-state index is 13.5. The smallest absolute Gasteiger partial charge is 0.253 e. The number of hydrogen-bond donors (Lipinski definition) is 2. The van der Waals surface area contributed by atoms with Gasteiger partial charge in [-0.15, -0.1) is 0 Å². The molecule has 1 spiro atoms. The molecule has 6 rings (SSSR count). The summed E-state index contributed by atoms with van der Waals surface area (Å²) in [5.41, 5.74) is 4.31. The van der Waals surface area contributed by atoms with Gasteiger partial charge in [0.15, 0.2) is 0 Å². The Bertz CT molecular complexity index is 1470. The zero-order valence-electron chi connectivity index (χ0n) is 22.1. The van der Waals surface area contributed by atoms with Crippen molar-refractivity contribution in [2.45, 2.75) is 38.1 Å². The number of nitrogens with zero attached hydrogens (tertiary/aromatic N) is 2. The molecule has 200 valence electrons. The van der Waals surface area contributed by atoms with Crippen LogP contribution < -0.4 is 10.6 Å². The number of piperidine rings is 1. The van der Waals surface area contributed by atoms with Crippen LogP contribution in [0.2, 0.25) is 0 Å².